The van der Waals surface area contributed by atoms with Gasteiger partial charge >= 0.3 is 5.97 Å². The molecule has 0 saturated heterocycles. The Morgan fingerprint density at radius 3 is 2.57 bits per heavy atom. The maximum atomic E-state index is 12.5. The molecule has 21 heavy (non-hydrogen) atoms. The number of ketones is 2. The average Bonchev–Trinajstić information content (AvgIpc) is 2.69. The van der Waals surface area contributed by atoms with Crippen LogP contribution in [0, 0.1) is 0 Å². The van der Waals surface area contributed by atoms with Crippen molar-refractivity contribution in [1.82, 2.24) is 0 Å². The van der Waals surface area contributed by atoms with Crippen LogP contribution in [0.3, 0.4) is 0 Å². The summed E-state index contributed by atoms with van der Waals surface area (Å²) in [7, 11) is 0. The van der Waals surface area contributed by atoms with E-state index >= 15 is 0 Å². The Morgan fingerprint density at radius 2 is 1.95 bits per heavy atom. The molecule has 1 aliphatic rings. The number of unbranched alkanes of at least 4 members (excludes halogenated alkanes) is 1. The number of carbonyl (C=O) groups excluding carboxylic acids is 3. The van der Waals surface area contributed by atoms with Gasteiger partial charge in [0.1, 0.15) is 0 Å². The lowest BCUT2D eigenvalue weighted by Gasteiger charge is -2.16. The van der Waals surface area contributed by atoms with Crippen molar-refractivity contribution >= 4 is 17.5 Å². The predicted octanol–water partition coefficient (Wildman–Crippen LogP) is 1.70. The molecule has 1 unspecified atom stereocenters. The SMILES string of the molecule is CCCCc1cccc2c1C(=O)C(O)(C(=O)OCC)C2=O. The number of esters is 1. The van der Waals surface area contributed by atoms with E-state index in [-0.39, 0.29) is 17.7 Å². The number of Topliss-reactive ketones (excluding diaryl/α,β-unsaturated/α-hetero) is 2. The van der Waals surface area contributed by atoms with Gasteiger partial charge in [0.25, 0.3) is 5.60 Å². The van der Waals surface area contributed by atoms with E-state index in [1.165, 1.54) is 6.07 Å². The summed E-state index contributed by atoms with van der Waals surface area (Å²) in [6.45, 7) is 3.55. The zero-order chi connectivity index (χ0) is 15.6. The van der Waals surface area contributed by atoms with E-state index in [2.05, 4.69) is 0 Å². The van der Waals surface area contributed by atoms with Gasteiger partial charge in [0, 0.05) is 11.1 Å². The molecule has 0 radical (unpaired) electrons. The average molecular weight is 290 g/mol. The standard InChI is InChI=1S/C16H18O5/c1-3-5-7-10-8-6-9-11-12(10)14(18)16(20,13(11)17)15(19)21-4-2/h6,8-9,20H,3-5,7H2,1-2H3. The van der Waals surface area contributed by atoms with E-state index in [1.807, 2.05) is 6.92 Å². The van der Waals surface area contributed by atoms with Gasteiger partial charge in [0.2, 0.25) is 11.6 Å². The number of hydrogen-bond donors (Lipinski definition) is 1. The second-order valence-corrected chi connectivity index (χ2v) is 5.03. The van der Waals surface area contributed by atoms with Crippen LogP contribution < -0.4 is 0 Å². The molecule has 1 aromatic carbocycles. The molecular formula is C16H18O5. The number of fused-ring (bicyclic) bond motifs is 1. The van der Waals surface area contributed by atoms with Crippen molar-refractivity contribution in [3.05, 3.63) is 34.9 Å². The molecular weight excluding hydrogens is 272 g/mol. The molecule has 5 heteroatoms. The first-order valence-corrected chi connectivity index (χ1v) is 7.09. The minimum Gasteiger partial charge on any atom is -0.463 e. The topological polar surface area (TPSA) is 80.7 Å². The van der Waals surface area contributed by atoms with Gasteiger partial charge in [-0.05, 0) is 25.3 Å². The highest BCUT2D eigenvalue weighted by atomic mass is 16.6. The Labute approximate surface area is 122 Å². The number of aliphatic hydroxyl groups is 1. The Morgan fingerprint density at radius 1 is 1.24 bits per heavy atom. The van der Waals surface area contributed by atoms with Gasteiger partial charge in [0.05, 0.1) is 6.61 Å². The van der Waals surface area contributed by atoms with E-state index in [0.29, 0.717) is 12.0 Å². The summed E-state index contributed by atoms with van der Waals surface area (Å²) in [5.41, 5.74) is -1.77. The number of benzene rings is 1. The minimum atomic E-state index is -2.72. The maximum Gasteiger partial charge on any atom is 0.354 e. The van der Waals surface area contributed by atoms with Crippen LogP contribution in [0.1, 0.15) is 53.0 Å². The zero-order valence-corrected chi connectivity index (χ0v) is 12.1. The second kappa shape index (κ2) is 5.77. The highest BCUT2D eigenvalue weighted by molar-refractivity contribution is 6.41. The van der Waals surface area contributed by atoms with E-state index < -0.39 is 23.1 Å². The fraction of sp³-hybridized carbons (Fsp3) is 0.438. The molecule has 0 aromatic heterocycles. The molecule has 0 spiro atoms. The van der Waals surface area contributed by atoms with Gasteiger partial charge in [-0.25, -0.2) is 4.79 Å². The summed E-state index contributed by atoms with van der Waals surface area (Å²) < 4.78 is 4.69. The number of ether oxygens (including phenoxy) is 1. The van der Waals surface area contributed by atoms with Gasteiger partial charge < -0.3 is 9.84 Å². The molecule has 0 heterocycles. The summed E-state index contributed by atoms with van der Waals surface area (Å²) in [6, 6.07) is 4.87. The lowest BCUT2D eigenvalue weighted by molar-refractivity contribution is -0.155. The van der Waals surface area contributed by atoms with Gasteiger partial charge in [-0.1, -0.05) is 31.5 Å². The Hall–Kier alpha value is -2.01. The molecule has 112 valence electrons. The van der Waals surface area contributed by atoms with E-state index in [1.54, 1.807) is 19.1 Å². The van der Waals surface area contributed by atoms with Crippen molar-refractivity contribution in [2.75, 3.05) is 6.61 Å². The summed E-state index contributed by atoms with van der Waals surface area (Å²) in [4.78, 5) is 36.6. The molecule has 0 bridgehead atoms. The van der Waals surface area contributed by atoms with Crippen LogP contribution in [0.4, 0.5) is 0 Å². The number of carbonyl (C=O) groups is 3. The Balaban J connectivity index is 2.49. The molecule has 1 aromatic rings. The third-order valence-corrected chi connectivity index (χ3v) is 3.65. The third-order valence-electron chi connectivity index (χ3n) is 3.65. The predicted molar refractivity (Wildman–Crippen MR) is 75.3 cm³/mol. The van der Waals surface area contributed by atoms with Gasteiger partial charge in [-0.3, -0.25) is 9.59 Å². The highest BCUT2D eigenvalue weighted by Crippen LogP contribution is 2.34. The summed E-state index contributed by atoms with van der Waals surface area (Å²) in [5.74, 6) is -2.95. The first kappa shape index (κ1) is 15.4. The van der Waals surface area contributed by atoms with Crippen LogP contribution in [0.2, 0.25) is 0 Å². The van der Waals surface area contributed by atoms with Crippen molar-refractivity contribution in [3.63, 3.8) is 0 Å². The van der Waals surface area contributed by atoms with Crippen LogP contribution in [-0.4, -0.2) is 34.9 Å². The van der Waals surface area contributed by atoms with Crippen LogP contribution in [-0.2, 0) is 16.0 Å². The Bertz CT molecular complexity index is 605. The van der Waals surface area contributed by atoms with E-state index in [4.69, 9.17) is 4.74 Å². The summed E-state index contributed by atoms with van der Waals surface area (Å²) in [6.07, 6.45) is 2.42. The number of aryl methyl sites for hydroxylation is 1. The second-order valence-electron chi connectivity index (χ2n) is 5.03. The quantitative estimate of drug-likeness (QED) is 0.659. The fourth-order valence-corrected chi connectivity index (χ4v) is 2.53. The normalized spacial score (nSPS) is 20.5. The first-order valence-electron chi connectivity index (χ1n) is 7.09. The van der Waals surface area contributed by atoms with Crippen molar-refractivity contribution in [1.29, 1.82) is 0 Å². The summed E-state index contributed by atoms with van der Waals surface area (Å²) >= 11 is 0. The lowest BCUT2D eigenvalue weighted by Crippen LogP contribution is -2.50. The van der Waals surface area contributed by atoms with Crippen LogP contribution in [0.5, 0.6) is 0 Å². The number of rotatable bonds is 5. The first-order chi connectivity index (χ1) is 9.98. The van der Waals surface area contributed by atoms with Crippen molar-refractivity contribution in [2.45, 2.75) is 38.7 Å². The van der Waals surface area contributed by atoms with Crippen molar-refractivity contribution in [2.24, 2.45) is 0 Å². The molecule has 0 saturated carbocycles. The summed E-state index contributed by atoms with van der Waals surface area (Å²) in [5, 5.41) is 10.3. The molecule has 5 nitrogen and oxygen atoms in total. The fourth-order valence-electron chi connectivity index (χ4n) is 2.53. The minimum absolute atomic E-state index is 0.0132. The smallest absolute Gasteiger partial charge is 0.354 e. The molecule has 0 aliphatic heterocycles. The molecule has 2 rings (SSSR count). The monoisotopic (exact) mass is 290 g/mol. The largest absolute Gasteiger partial charge is 0.463 e. The van der Waals surface area contributed by atoms with Gasteiger partial charge in [0.15, 0.2) is 0 Å². The molecule has 1 N–H and O–H groups in total. The highest BCUT2D eigenvalue weighted by Gasteiger charge is 2.59. The Kier molecular flexibility index (Phi) is 4.23. The molecule has 0 amide bonds. The van der Waals surface area contributed by atoms with E-state index in [0.717, 1.165) is 12.8 Å². The van der Waals surface area contributed by atoms with Crippen LogP contribution in [0.25, 0.3) is 0 Å². The molecule has 1 atom stereocenters. The van der Waals surface area contributed by atoms with Crippen LogP contribution >= 0.6 is 0 Å². The maximum absolute atomic E-state index is 12.5. The lowest BCUT2D eigenvalue weighted by atomic mass is 9.96. The van der Waals surface area contributed by atoms with E-state index in [9.17, 15) is 19.5 Å². The molecule has 0 fully saturated rings. The van der Waals surface area contributed by atoms with Crippen molar-refractivity contribution in [3.8, 4) is 0 Å². The van der Waals surface area contributed by atoms with Crippen molar-refractivity contribution < 1.29 is 24.2 Å². The van der Waals surface area contributed by atoms with Gasteiger partial charge in [-0.15, -0.1) is 0 Å². The third kappa shape index (κ3) is 2.27. The van der Waals surface area contributed by atoms with Gasteiger partial charge in [-0.2, -0.15) is 0 Å². The van der Waals surface area contributed by atoms with Crippen LogP contribution in [0.15, 0.2) is 18.2 Å². The zero-order valence-electron chi connectivity index (χ0n) is 12.1. The number of hydrogen-bond acceptors (Lipinski definition) is 5. The molecule has 1 aliphatic carbocycles.